The fourth-order valence-corrected chi connectivity index (χ4v) is 1.14. The summed E-state index contributed by atoms with van der Waals surface area (Å²) in [7, 11) is 1.71. The molecule has 0 radical (unpaired) electrons. The zero-order valence-corrected chi connectivity index (χ0v) is 9.54. The first-order valence-corrected chi connectivity index (χ1v) is 5.18. The van der Waals surface area contributed by atoms with Gasteiger partial charge in [0.05, 0.1) is 6.04 Å². The van der Waals surface area contributed by atoms with Gasteiger partial charge in [0, 0.05) is 13.0 Å². The van der Waals surface area contributed by atoms with E-state index < -0.39 is 5.97 Å². The molecular weight excluding hydrogens is 196 g/mol. The van der Waals surface area contributed by atoms with Crippen molar-refractivity contribution < 1.29 is 14.7 Å². The highest BCUT2D eigenvalue weighted by Gasteiger charge is 2.14. The molecule has 0 fully saturated rings. The Morgan fingerprint density at radius 3 is 2.40 bits per heavy atom. The summed E-state index contributed by atoms with van der Waals surface area (Å²) >= 11 is 0. The Morgan fingerprint density at radius 1 is 1.40 bits per heavy atom. The van der Waals surface area contributed by atoms with Crippen molar-refractivity contribution in [3.05, 3.63) is 0 Å². The zero-order valence-electron chi connectivity index (χ0n) is 9.54. The Hall–Kier alpha value is -1.10. The molecule has 1 amide bonds. The maximum absolute atomic E-state index is 11.4. The number of hydrogen-bond donors (Lipinski definition) is 3. The van der Waals surface area contributed by atoms with Gasteiger partial charge in [-0.3, -0.25) is 9.59 Å². The van der Waals surface area contributed by atoms with Crippen molar-refractivity contribution in [1.82, 2.24) is 10.6 Å². The van der Waals surface area contributed by atoms with Gasteiger partial charge in [-0.1, -0.05) is 13.3 Å². The van der Waals surface area contributed by atoms with Crippen molar-refractivity contribution in [2.45, 2.75) is 32.7 Å². The van der Waals surface area contributed by atoms with Crippen LogP contribution in [0.2, 0.25) is 0 Å². The van der Waals surface area contributed by atoms with E-state index >= 15 is 0 Å². The van der Waals surface area contributed by atoms with Gasteiger partial charge >= 0.3 is 5.97 Å². The monoisotopic (exact) mass is 216 g/mol. The first-order chi connectivity index (χ1) is 7.01. The molecule has 3 N–H and O–H groups in total. The van der Waals surface area contributed by atoms with E-state index in [1.54, 1.807) is 14.0 Å². The molecule has 0 heterocycles. The van der Waals surface area contributed by atoms with E-state index in [-0.39, 0.29) is 24.3 Å². The fraction of sp³-hybridized carbons (Fsp3) is 0.800. The molecule has 0 bridgehead atoms. The molecule has 0 aliphatic rings. The summed E-state index contributed by atoms with van der Waals surface area (Å²) in [6.45, 7) is 4.10. The average molecular weight is 216 g/mol. The van der Waals surface area contributed by atoms with E-state index in [2.05, 4.69) is 10.6 Å². The van der Waals surface area contributed by atoms with Crippen molar-refractivity contribution in [2.24, 2.45) is 5.92 Å². The molecule has 5 heteroatoms. The lowest BCUT2D eigenvalue weighted by molar-refractivity contribution is -0.138. The summed E-state index contributed by atoms with van der Waals surface area (Å²) in [6.07, 6.45) is 0.852. The molecule has 0 rings (SSSR count). The number of hydrogen-bond acceptors (Lipinski definition) is 3. The normalized spacial score (nSPS) is 14.3. The minimum absolute atomic E-state index is 0.00973. The van der Waals surface area contributed by atoms with Gasteiger partial charge in [0.2, 0.25) is 5.91 Å². The van der Waals surface area contributed by atoms with E-state index in [1.165, 1.54) is 0 Å². The lowest BCUT2D eigenvalue weighted by Gasteiger charge is -2.15. The molecule has 0 saturated heterocycles. The molecule has 0 aromatic heterocycles. The fourth-order valence-electron chi connectivity index (χ4n) is 1.14. The van der Waals surface area contributed by atoms with Gasteiger partial charge < -0.3 is 15.7 Å². The lowest BCUT2D eigenvalue weighted by Crippen LogP contribution is -2.42. The number of carboxylic acids is 1. The lowest BCUT2D eigenvalue weighted by atomic mass is 10.0. The van der Waals surface area contributed by atoms with Crippen LogP contribution in [0.1, 0.15) is 26.7 Å². The van der Waals surface area contributed by atoms with Crippen molar-refractivity contribution in [2.75, 3.05) is 13.6 Å². The van der Waals surface area contributed by atoms with Crippen molar-refractivity contribution >= 4 is 11.9 Å². The van der Waals surface area contributed by atoms with Crippen molar-refractivity contribution in [3.8, 4) is 0 Å². The van der Waals surface area contributed by atoms with E-state index in [0.717, 1.165) is 6.42 Å². The molecule has 0 spiro atoms. The van der Waals surface area contributed by atoms with Crippen molar-refractivity contribution in [3.63, 3.8) is 0 Å². The van der Waals surface area contributed by atoms with Crippen LogP contribution in [0.5, 0.6) is 0 Å². The van der Waals surface area contributed by atoms with Gasteiger partial charge in [-0.2, -0.15) is 0 Å². The van der Waals surface area contributed by atoms with Crippen LogP contribution in [-0.4, -0.2) is 36.6 Å². The predicted molar refractivity (Wildman–Crippen MR) is 57.6 cm³/mol. The van der Waals surface area contributed by atoms with Gasteiger partial charge in [0.25, 0.3) is 0 Å². The number of amides is 1. The summed E-state index contributed by atoms with van der Waals surface area (Å²) in [5.74, 6) is -0.908. The predicted octanol–water partition coefficient (Wildman–Crippen LogP) is 0.211. The standard InChI is InChI=1S/C10H20N2O3/c1-4-8(5-9(13)14)6-12-10(15)7(2)11-3/h7-8,11H,4-6H2,1-3H3,(H,12,15)(H,13,14). The number of carbonyl (C=O) groups excluding carboxylic acids is 1. The Morgan fingerprint density at radius 2 is 2.00 bits per heavy atom. The van der Waals surface area contributed by atoms with Gasteiger partial charge in [0.1, 0.15) is 0 Å². The Kier molecular flexibility index (Phi) is 6.70. The molecule has 0 saturated carbocycles. The first-order valence-electron chi connectivity index (χ1n) is 5.18. The molecule has 2 atom stereocenters. The summed E-state index contributed by atoms with van der Waals surface area (Å²) in [4.78, 5) is 21.8. The number of likely N-dealkylation sites (N-methyl/N-ethyl adjacent to an activating group) is 1. The van der Waals surface area contributed by atoms with Crippen LogP contribution < -0.4 is 10.6 Å². The van der Waals surface area contributed by atoms with Gasteiger partial charge in [-0.05, 0) is 19.9 Å². The highest BCUT2D eigenvalue weighted by molar-refractivity contribution is 5.81. The summed E-state index contributed by atoms with van der Waals surface area (Å²) in [5, 5.41) is 14.2. The third-order valence-corrected chi connectivity index (χ3v) is 2.43. The maximum atomic E-state index is 11.4. The number of carboxylic acid groups (broad SMARTS) is 1. The molecule has 5 nitrogen and oxygen atoms in total. The number of aliphatic carboxylic acids is 1. The van der Waals surface area contributed by atoms with Crippen LogP contribution >= 0.6 is 0 Å². The highest BCUT2D eigenvalue weighted by Crippen LogP contribution is 2.06. The van der Waals surface area contributed by atoms with Gasteiger partial charge in [0.15, 0.2) is 0 Å². The maximum Gasteiger partial charge on any atom is 0.303 e. The number of nitrogens with one attached hydrogen (secondary N) is 2. The third kappa shape index (κ3) is 6.06. The van der Waals surface area contributed by atoms with Crippen molar-refractivity contribution in [1.29, 1.82) is 0 Å². The van der Waals surface area contributed by atoms with Crippen LogP contribution in [0.15, 0.2) is 0 Å². The van der Waals surface area contributed by atoms with Gasteiger partial charge in [-0.15, -0.1) is 0 Å². The van der Waals surface area contributed by atoms with Crippen LogP contribution in [0.25, 0.3) is 0 Å². The second-order valence-electron chi connectivity index (χ2n) is 3.63. The number of carbonyl (C=O) groups is 2. The largest absolute Gasteiger partial charge is 0.481 e. The summed E-state index contributed by atoms with van der Waals surface area (Å²) in [6, 6.07) is -0.243. The van der Waals surface area contributed by atoms with Crippen LogP contribution in [0, 0.1) is 5.92 Å². The molecular formula is C10H20N2O3. The highest BCUT2D eigenvalue weighted by atomic mass is 16.4. The summed E-state index contributed by atoms with van der Waals surface area (Å²) < 4.78 is 0. The SMILES string of the molecule is CCC(CNC(=O)C(C)NC)CC(=O)O. The third-order valence-electron chi connectivity index (χ3n) is 2.43. The topological polar surface area (TPSA) is 78.4 Å². The van der Waals surface area contributed by atoms with E-state index in [0.29, 0.717) is 6.54 Å². The van der Waals surface area contributed by atoms with E-state index in [1.807, 2.05) is 6.92 Å². The second kappa shape index (κ2) is 7.23. The molecule has 88 valence electrons. The minimum atomic E-state index is -0.822. The molecule has 15 heavy (non-hydrogen) atoms. The molecule has 0 aliphatic heterocycles. The Bertz CT molecular complexity index is 219. The zero-order chi connectivity index (χ0) is 11.8. The smallest absolute Gasteiger partial charge is 0.303 e. The number of rotatable bonds is 7. The molecule has 2 unspecified atom stereocenters. The average Bonchev–Trinajstić information content (AvgIpc) is 2.21. The Labute approximate surface area is 90.2 Å². The van der Waals surface area contributed by atoms with Crippen LogP contribution in [0.3, 0.4) is 0 Å². The summed E-state index contributed by atoms with van der Waals surface area (Å²) in [5.41, 5.74) is 0. The Balaban J connectivity index is 3.89. The molecule has 0 aromatic rings. The second-order valence-corrected chi connectivity index (χ2v) is 3.63. The first kappa shape index (κ1) is 13.9. The van der Waals surface area contributed by atoms with E-state index in [9.17, 15) is 9.59 Å². The van der Waals surface area contributed by atoms with E-state index in [4.69, 9.17) is 5.11 Å². The van der Waals surface area contributed by atoms with Crippen LogP contribution in [-0.2, 0) is 9.59 Å². The van der Waals surface area contributed by atoms with Gasteiger partial charge in [-0.25, -0.2) is 0 Å². The minimum Gasteiger partial charge on any atom is -0.481 e. The quantitative estimate of drug-likeness (QED) is 0.568. The molecule has 0 aromatic carbocycles. The van der Waals surface area contributed by atoms with Crippen LogP contribution in [0.4, 0.5) is 0 Å². The molecule has 0 aliphatic carbocycles.